The van der Waals surface area contributed by atoms with Crippen LogP contribution >= 0.6 is 23.2 Å². The topological polar surface area (TPSA) is 29.4 Å². The molecule has 2 nitrogen and oxygen atoms in total. The van der Waals surface area contributed by atoms with Crippen molar-refractivity contribution >= 4 is 29.3 Å². The molecule has 0 heterocycles. The van der Waals surface area contributed by atoms with Gasteiger partial charge in [-0.1, -0.05) is 23.2 Å². The van der Waals surface area contributed by atoms with E-state index in [1.54, 1.807) is 13.8 Å². The first-order valence-corrected chi connectivity index (χ1v) is 4.88. The Morgan fingerprint density at radius 1 is 1.33 bits per heavy atom. The highest BCUT2D eigenvalue weighted by molar-refractivity contribution is 6.35. The van der Waals surface area contributed by atoms with E-state index in [9.17, 15) is 9.18 Å². The lowest BCUT2D eigenvalue weighted by Gasteiger charge is -2.19. The lowest BCUT2D eigenvalue weighted by atomic mass is 9.95. The maximum Gasteiger partial charge on any atom is 0.235 e. The number of halogens is 3. The van der Waals surface area contributed by atoms with Gasteiger partial charge in [-0.15, -0.1) is 0 Å². The smallest absolute Gasteiger partial charge is 0.211 e. The lowest BCUT2D eigenvalue weighted by Crippen LogP contribution is -2.14. The molecule has 0 bridgehead atoms. The van der Waals surface area contributed by atoms with E-state index < -0.39 is 11.4 Å². The average Bonchev–Trinajstić information content (AvgIpc) is 2.11. The summed E-state index contributed by atoms with van der Waals surface area (Å²) in [5.41, 5.74) is -0.515. The van der Waals surface area contributed by atoms with Crippen LogP contribution in [0.4, 0.5) is 4.39 Å². The highest BCUT2D eigenvalue weighted by Crippen LogP contribution is 2.33. The van der Waals surface area contributed by atoms with Gasteiger partial charge in [0, 0.05) is 10.6 Å². The molecule has 1 aromatic rings. The monoisotopic (exact) mass is 247 g/mol. The zero-order valence-electron chi connectivity index (χ0n) is 8.14. The Balaban J connectivity index is 3.38. The van der Waals surface area contributed by atoms with E-state index in [1.807, 2.05) is 0 Å². The molecule has 15 heavy (non-hydrogen) atoms. The van der Waals surface area contributed by atoms with Crippen LogP contribution in [0.15, 0.2) is 17.1 Å². The van der Waals surface area contributed by atoms with Crippen LogP contribution in [-0.2, 0) is 10.3 Å². The number of hydrogen-bond acceptors (Lipinski definition) is 2. The molecule has 0 N–H and O–H groups in total. The van der Waals surface area contributed by atoms with Crippen molar-refractivity contribution in [3.8, 4) is 0 Å². The summed E-state index contributed by atoms with van der Waals surface area (Å²) in [6, 6.07) is 2.46. The Morgan fingerprint density at radius 2 is 1.93 bits per heavy atom. The highest BCUT2D eigenvalue weighted by atomic mass is 35.5. The molecular weight excluding hydrogens is 240 g/mol. The van der Waals surface area contributed by atoms with Crippen LogP contribution in [0.1, 0.15) is 19.4 Å². The van der Waals surface area contributed by atoms with Crippen LogP contribution in [0.2, 0.25) is 10.0 Å². The number of benzene rings is 1. The quantitative estimate of drug-likeness (QED) is 0.445. The summed E-state index contributed by atoms with van der Waals surface area (Å²) in [6.45, 7) is 3.26. The first-order valence-electron chi connectivity index (χ1n) is 4.12. The standard InChI is InChI=1S/C10H8Cl2FNO/c1-10(2,14-5-15)6-3-9(13)8(12)4-7(6)11/h3-4H,1-2H3. The Morgan fingerprint density at radius 3 is 2.47 bits per heavy atom. The van der Waals surface area contributed by atoms with E-state index in [4.69, 9.17) is 23.2 Å². The predicted octanol–water partition coefficient (Wildman–Crippen LogP) is 3.70. The van der Waals surface area contributed by atoms with Gasteiger partial charge in [-0.3, -0.25) is 0 Å². The summed E-state index contributed by atoms with van der Waals surface area (Å²) in [4.78, 5) is 13.8. The summed E-state index contributed by atoms with van der Waals surface area (Å²) in [5, 5.41) is 0.208. The van der Waals surface area contributed by atoms with Crippen molar-refractivity contribution < 1.29 is 9.18 Å². The molecule has 0 saturated heterocycles. The van der Waals surface area contributed by atoms with E-state index >= 15 is 0 Å². The summed E-state index contributed by atoms with van der Waals surface area (Å²) >= 11 is 11.4. The van der Waals surface area contributed by atoms with Gasteiger partial charge in [0.2, 0.25) is 6.08 Å². The number of hydrogen-bond donors (Lipinski definition) is 0. The van der Waals surface area contributed by atoms with E-state index in [0.717, 1.165) is 0 Å². The van der Waals surface area contributed by atoms with E-state index in [0.29, 0.717) is 5.56 Å². The number of carbonyl (C=O) groups excluding carboxylic acids is 1. The highest BCUT2D eigenvalue weighted by Gasteiger charge is 2.24. The molecular formula is C10H8Cl2FNO. The number of isocyanates is 1. The molecule has 0 radical (unpaired) electrons. The van der Waals surface area contributed by atoms with Gasteiger partial charge in [-0.05, 0) is 26.0 Å². The summed E-state index contributed by atoms with van der Waals surface area (Å²) < 4.78 is 13.2. The van der Waals surface area contributed by atoms with E-state index in [-0.39, 0.29) is 10.0 Å². The lowest BCUT2D eigenvalue weighted by molar-refractivity contribution is 0.519. The molecule has 1 aromatic carbocycles. The van der Waals surface area contributed by atoms with Crippen molar-refractivity contribution in [2.45, 2.75) is 19.4 Å². The molecule has 1 rings (SSSR count). The maximum atomic E-state index is 13.2. The Kier molecular flexibility index (Phi) is 3.50. The van der Waals surface area contributed by atoms with Crippen LogP contribution in [0, 0.1) is 5.82 Å². The fourth-order valence-corrected chi connectivity index (χ4v) is 1.78. The molecule has 0 spiro atoms. The third kappa shape index (κ3) is 2.57. The molecule has 5 heteroatoms. The Hall–Kier alpha value is -0.890. The summed E-state index contributed by atoms with van der Waals surface area (Å²) in [5.74, 6) is -0.592. The number of nitrogens with zero attached hydrogens (tertiary/aromatic N) is 1. The third-order valence-electron chi connectivity index (χ3n) is 1.99. The van der Waals surface area contributed by atoms with Crippen molar-refractivity contribution in [2.24, 2.45) is 4.99 Å². The molecule has 0 aromatic heterocycles. The minimum Gasteiger partial charge on any atom is -0.211 e. The van der Waals surface area contributed by atoms with E-state index in [1.165, 1.54) is 18.2 Å². The minimum atomic E-state index is -0.912. The number of aliphatic imine (C=N–C) groups is 1. The average molecular weight is 248 g/mol. The van der Waals surface area contributed by atoms with Gasteiger partial charge in [-0.2, -0.15) is 4.99 Å². The molecule has 0 aliphatic rings. The molecule has 0 atom stereocenters. The first-order chi connectivity index (χ1) is 6.88. The van der Waals surface area contributed by atoms with Gasteiger partial charge >= 0.3 is 0 Å². The van der Waals surface area contributed by atoms with Gasteiger partial charge in [0.15, 0.2) is 0 Å². The normalized spacial score (nSPS) is 11.0. The second kappa shape index (κ2) is 4.31. The van der Waals surface area contributed by atoms with Crippen LogP contribution < -0.4 is 0 Å². The zero-order chi connectivity index (χ0) is 11.6. The summed E-state index contributed by atoms with van der Waals surface area (Å²) in [7, 11) is 0. The summed E-state index contributed by atoms with van der Waals surface area (Å²) in [6.07, 6.45) is 1.43. The van der Waals surface area contributed by atoms with E-state index in [2.05, 4.69) is 4.99 Å². The van der Waals surface area contributed by atoms with Gasteiger partial charge in [0.25, 0.3) is 0 Å². The van der Waals surface area contributed by atoms with Gasteiger partial charge in [0.05, 0.1) is 10.6 Å². The number of rotatable bonds is 2. The van der Waals surface area contributed by atoms with Crippen molar-refractivity contribution in [3.05, 3.63) is 33.6 Å². The van der Waals surface area contributed by atoms with Crippen molar-refractivity contribution in [1.82, 2.24) is 0 Å². The second-order valence-electron chi connectivity index (χ2n) is 3.51. The molecule has 0 unspecified atom stereocenters. The Bertz CT molecular complexity index is 439. The van der Waals surface area contributed by atoms with Gasteiger partial charge < -0.3 is 0 Å². The largest absolute Gasteiger partial charge is 0.235 e. The second-order valence-corrected chi connectivity index (χ2v) is 4.32. The third-order valence-corrected chi connectivity index (χ3v) is 2.60. The van der Waals surface area contributed by atoms with Crippen LogP contribution in [0.5, 0.6) is 0 Å². The molecule has 0 saturated carbocycles. The minimum absolute atomic E-state index is 0.0605. The Labute approximate surface area is 96.7 Å². The van der Waals surface area contributed by atoms with Crippen LogP contribution in [0.25, 0.3) is 0 Å². The molecule has 0 aliphatic heterocycles. The molecule has 0 amide bonds. The van der Waals surface area contributed by atoms with Crippen LogP contribution in [-0.4, -0.2) is 6.08 Å². The van der Waals surface area contributed by atoms with Gasteiger partial charge in [-0.25, -0.2) is 9.18 Å². The zero-order valence-corrected chi connectivity index (χ0v) is 9.66. The first kappa shape index (κ1) is 12.2. The fourth-order valence-electron chi connectivity index (χ4n) is 1.17. The SMILES string of the molecule is CC(C)(N=C=O)c1cc(F)c(Cl)cc1Cl. The van der Waals surface area contributed by atoms with Crippen molar-refractivity contribution in [3.63, 3.8) is 0 Å². The predicted molar refractivity (Wildman–Crippen MR) is 57.6 cm³/mol. The van der Waals surface area contributed by atoms with Crippen LogP contribution in [0.3, 0.4) is 0 Å². The molecule has 0 fully saturated rings. The molecule has 0 aliphatic carbocycles. The van der Waals surface area contributed by atoms with Gasteiger partial charge in [0.1, 0.15) is 5.82 Å². The van der Waals surface area contributed by atoms with Crippen molar-refractivity contribution in [2.75, 3.05) is 0 Å². The van der Waals surface area contributed by atoms with Crippen molar-refractivity contribution in [1.29, 1.82) is 0 Å². The maximum absolute atomic E-state index is 13.2. The fraction of sp³-hybridized carbons (Fsp3) is 0.300. The molecule has 80 valence electrons.